The molecule has 0 aliphatic heterocycles. The van der Waals surface area contributed by atoms with E-state index in [-0.39, 0.29) is 22.7 Å². The molecule has 1 N–H and O–H groups in total. The van der Waals surface area contributed by atoms with Crippen LogP contribution in [0.3, 0.4) is 0 Å². The summed E-state index contributed by atoms with van der Waals surface area (Å²) < 4.78 is 10.6. The van der Waals surface area contributed by atoms with E-state index in [1.165, 1.54) is 46.0 Å². The van der Waals surface area contributed by atoms with Crippen LogP contribution < -0.4 is 14.8 Å². The van der Waals surface area contributed by atoms with Gasteiger partial charge < -0.3 is 19.7 Å². The van der Waals surface area contributed by atoms with Gasteiger partial charge in [-0.25, -0.2) is 0 Å². The second kappa shape index (κ2) is 11.6. The highest BCUT2D eigenvalue weighted by Gasteiger charge is 2.31. The first-order chi connectivity index (χ1) is 14.1. The zero-order valence-electron chi connectivity index (χ0n) is 18.2. The van der Waals surface area contributed by atoms with E-state index in [0.29, 0.717) is 23.7 Å². The molecule has 6 nitrogen and oxygen atoms in total. The van der Waals surface area contributed by atoms with Crippen LogP contribution in [0.1, 0.15) is 66.7 Å². The Kier molecular flexibility index (Phi) is 9.19. The van der Waals surface area contributed by atoms with Gasteiger partial charge in [0.2, 0.25) is 5.78 Å². The molecule has 0 aromatic heterocycles. The van der Waals surface area contributed by atoms with Crippen LogP contribution in [-0.4, -0.2) is 56.9 Å². The molecule has 0 saturated carbocycles. The topological polar surface area (TPSA) is 67.9 Å². The maximum Gasteiger partial charge on any atom is 0.213 e. The number of nitrogens with zero attached hydrogens (tertiary/aromatic N) is 1. The van der Waals surface area contributed by atoms with Gasteiger partial charge in [-0.2, -0.15) is 0 Å². The third kappa shape index (κ3) is 5.82. The summed E-state index contributed by atoms with van der Waals surface area (Å²) in [6.07, 6.45) is 7.07. The molecular formula is C23H34N2O4. The Morgan fingerprint density at radius 1 is 0.862 bits per heavy atom. The molecule has 1 aliphatic carbocycles. The third-order valence-electron chi connectivity index (χ3n) is 5.18. The fourth-order valence-corrected chi connectivity index (χ4v) is 3.53. The van der Waals surface area contributed by atoms with Gasteiger partial charge >= 0.3 is 0 Å². The Labute approximate surface area is 174 Å². The lowest BCUT2D eigenvalue weighted by Gasteiger charge is -2.23. The summed E-state index contributed by atoms with van der Waals surface area (Å²) in [5.41, 5.74) is 0.866. The fourth-order valence-electron chi connectivity index (χ4n) is 3.53. The van der Waals surface area contributed by atoms with Crippen LogP contribution in [0, 0.1) is 0 Å². The van der Waals surface area contributed by atoms with Crippen LogP contribution in [0.5, 0.6) is 11.5 Å². The van der Waals surface area contributed by atoms with E-state index in [1.54, 1.807) is 12.1 Å². The number of ketones is 2. The number of Topliss-reactive ketones (excluding diaryl/α,β-unsaturated/α-hetero) is 1. The Balaban J connectivity index is 2.01. The highest BCUT2D eigenvalue weighted by molar-refractivity contribution is 6.26. The molecule has 29 heavy (non-hydrogen) atoms. The molecule has 0 spiro atoms. The number of hydrogen-bond donors (Lipinski definition) is 1. The monoisotopic (exact) mass is 402 g/mol. The van der Waals surface area contributed by atoms with E-state index >= 15 is 0 Å². The van der Waals surface area contributed by atoms with Crippen molar-refractivity contribution in [3.05, 3.63) is 35.0 Å². The Morgan fingerprint density at radius 2 is 1.41 bits per heavy atom. The second-order valence-electron chi connectivity index (χ2n) is 7.30. The van der Waals surface area contributed by atoms with Crippen LogP contribution >= 0.6 is 0 Å². The zero-order chi connectivity index (χ0) is 21.2. The number of allylic oxidation sites excluding steroid dienone is 2. The molecule has 6 heteroatoms. The Morgan fingerprint density at radius 3 is 1.97 bits per heavy atom. The maximum atomic E-state index is 13.0. The summed E-state index contributed by atoms with van der Waals surface area (Å²) in [6, 6.07) is 3.31. The van der Waals surface area contributed by atoms with Gasteiger partial charge in [-0.1, -0.05) is 26.7 Å². The van der Waals surface area contributed by atoms with Gasteiger partial charge in [0, 0.05) is 12.6 Å². The largest absolute Gasteiger partial charge is 0.496 e. The van der Waals surface area contributed by atoms with Gasteiger partial charge in [-0.05, 0) is 51.0 Å². The summed E-state index contributed by atoms with van der Waals surface area (Å²) in [5, 5.41) is 3.17. The molecule has 0 fully saturated rings. The Hall–Kier alpha value is -2.34. The predicted octanol–water partition coefficient (Wildman–Crippen LogP) is 3.85. The van der Waals surface area contributed by atoms with Crippen molar-refractivity contribution in [2.45, 2.75) is 46.0 Å². The molecule has 0 bridgehead atoms. The van der Waals surface area contributed by atoms with E-state index in [4.69, 9.17) is 9.47 Å². The quantitative estimate of drug-likeness (QED) is 0.506. The molecule has 1 aliphatic rings. The van der Waals surface area contributed by atoms with Gasteiger partial charge in [0.1, 0.15) is 11.5 Å². The average molecular weight is 403 g/mol. The number of benzene rings is 1. The molecular weight excluding hydrogens is 368 g/mol. The average Bonchev–Trinajstić information content (AvgIpc) is 2.74. The number of carbonyl (C=O) groups excluding carboxylic acids is 2. The van der Waals surface area contributed by atoms with Crippen LogP contribution in [0.15, 0.2) is 23.9 Å². The van der Waals surface area contributed by atoms with Crippen LogP contribution in [0.25, 0.3) is 0 Å². The van der Waals surface area contributed by atoms with Crippen molar-refractivity contribution in [3.63, 3.8) is 0 Å². The number of methoxy groups -OCH3 is 2. The van der Waals surface area contributed by atoms with Crippen LogP contribution in [0.2, 0.25) is 0 Å². The SMILES string of the molecule is CCCCN(CCCC)CCCNC1=CC(=O)c2c(OC)ccc(OC)c2C1=O. The van der Waals surface area contributed by atoms with Crippen LogP contribution in [0.4, 0.5) is 0 Å². The summed E-state index contributed by atoms with van der Waals surface area (Å²) in [4.78, 5) is 28.1. The van der Waals surface area contributed by atoms with Crippen LogP contribution in [-0.2, 0) is 0 Å². The zero-order valence-corrected chi connectivity index (χ0v) is 18.2. The normalized spacial score (nSPS) is 13.3. The molecule has 160 valence electrons. The smallest absolute Gasteiger partial charge is 0.213 e. The number of rotatable bonds is 13. The minimum absolute atomic E-state index is 0.232. The first-order valence-electron chi connectivity index (χ1n) is 10.6. The molecule has 0 amide bonds. The van der Waals surface area contributed by atoms with E-state index in [9.17, 15) is 9.59 Å². The number of hydrogen-bond acceptors (Lipinski definition) is 6. The summed E-state index contributed by atoms with van der Waals surface area (Å²) >= 11 is 0. The minimum atomic E-state index is -0.245. The van der Waals surface area contributed by atoms with E-state index in [2.05, 4.69) is 24.1 Å². The van der Waals surface area contributed by atoms with Crippen molar-refractivity contribution in [2.75, 3.05) is 40.4 Å². The summed E-state index contributed by atoms with van der Waals surface area (Å²) in [7, 11) is 2.98. The highest BCUT2D eigenvalue weighted by atomic mass is 16.5. The van der Waals surface area contributed by atoms with Crippen molar-refractivity contribution in [1.82, 2.24) is 10.2 Å². The van der Waals surface area contributed by atoms with E-state index in [0.717, 1.165) is 26.1 Å². The number of carbonyl (C=O) groups is 2. The summed E-state index contributed by atoms with van der Waals surface area (Å²) in [5.74, 6) is 0.295. The molecule has 0 saturated heterocycles. The lowest BCUT2D eigenvalue weighted by molar-refractivity contribution is 0.0973. The van der Waals surface area contributed by atoms with Crippen molar-refractivity contribution < 1.29 is 19.1 Å². The van der Waals surface area contributed by atoms with Gasteiger partial charge in [-0.15, -0.1) is 0 Å². The fraction of sp³-hybridized carbons (Fsp3) is 0.565. The highest BCUT2D eigenvalue weighted by Crippen LogP contribution is 2.35. The predicted molar refractivity (Wildman–Crippen MR) is 115 cm³/mol. The molecule has 1 aromatic carbocycles. The van der Waals surface area contributed by atoms with Gasteiger partial charge in [-0.3, -0.25) is 9.59 Å². The molecule has 1 aromatic rings. The third-order valence-corrected chi connectivity index (χ3v) is 5.18. The molecule has 0 radical (unpaired) electrons. The van der Waals surface area contributed by atoms with Crippen molar-refractivity contribution in [2.24, 2.45) is 0 Å². The molecule has 2 rings (SSSR count). The van der Waals surface area contributed by atoms with Crippen molar-refractivity contribution in [3.8, 4) is 11.5 Å². The summed E-state index contributed by atoms with van der Waals surface area (Å²) in [6.45, 7) is 8.26. The molecule has 0 atom stereocenters. The number of unbranched alkanes of at least 4 members (excludes halogenated alkanes) is 2. The number of ether oxygens (including phenoxy) is 2. The standard InChI is InChI=1S/C23H34N2O4/c1-5-7-13-25(14-8-6-2)15-9-12-24-17-16-18(26)21-19(28-3)10-11-20(29-4)22(21)23(17)27/h10-11,16,24H,5-9,12-15H2,1-4H3. The van der Waals surface area contributed by atoms with E-state index < -0.39 is 0 Å². The number of nitrogens with one attached hydrogen (secondary N) is 1. The van der Waals surface area contributed by atoms with Crippen molar-refractivity contribution >= 4 is 11.6 Å². The van der Waals surface area contributed by atoms with Gasteiger partial charge in [0.15, 0.2) is 5.78 Å². The van der Waals surface area contributed by atoms with Crippen molar-refractivity contribution in [1.29, 1.82) is 0 Å². The van der Waals surface area contributed by atoms with E-state index in [1.807, 2.05) is 0 Å². The maximum absolute atomic E-state index is 13.0. The molecule has 0 unspecified atom stereocenters. The lowest BCUT2D eigenvalue weighted by atomic mass is 9.91. The minimum Gasteiger partial charge on any atom is -0.496 e. The number of fused-ring (bicyclic) bond motifs is 1. The Bertz CT molecular complexity index is 735. The molecule has 0 heterocycles. The lowest BCUT2D eigenvalue weighted by Crippen LogP contribution is -2.32. The van der Waals surface area contributed by atoms with Gasteiger partial charge in [0.25, 0.3) is 0 Å². The first kappa shape index (κ1) is 22.9. The second-order valence-corrected chi connectivity index (χ2v) is 7.30. The first-order valence-corrected chi connectivity index (χ1v) is 10.6. The van der Waals surface area contributed by atoms with Gasteiger partial charge in [0.05, 0.1) is 31.0 Å².